The van der Waals surface area contributed by atoms with E-state index in [1.807, 2.05) is 0 Å². The predicted octanol–water partition coefficient (Wildman–Crippen LogP) is -0.220. The molecule has 1 N–H and O–H groups in total. The minimum absolute atomic E-state index is 0.0476. The lowest BCUT2D eigenvalue weighted by molar-refractivity contribution is 0.250. The Morgan fingerprint density at radius 2 is 1.76 bits per heavy atom. The first kappa shape index (κ1) is 17.9. The normalized spacial score (nSPS) is 16.6. The quantitative estimate of drug-likeness (QED) is 0.735. The van der Waals surface area contributed by atoms with Crippen molar-refractivity contribution in [1.82, 2.24) is 18.8 Å². The number of aryl methyl sites for hydroxylation is 1. The van der Waals surface area contributed by atoms with Gasteiger partial charge in [-0.15, -0.1) is 0 Å². The summed E-state index contributed by atoms with van der Waals surface area (Å²) in [6, 6.07) is 5.57. The summed E-state index contributed by atoms with van der Waals surface area (Å²) in [6.45, 7) is 0.154. The number of nitrogens with zero attached hydrogens (tertiary/aromatic N) is 3. The van der Waals surface area contributed by atoms with Crippen molar-refractivity contribution >= 4 is 20.0 Å². The van der Waals surface area contributed by atoms with E-state index in [4.69, 9.17) is 4.74 Å². The van der Waals surface area contributed by atoms with Crippen molar-refractivity contribution in [2.45, 2.75) is 15.8 Å². The number of hydrogen-bond acceptors (Lipinski definition) is 6. The van der Waals surface area contributed by atoms with Crippen LogP contribution < -0.4 is 9.46 Å². The molecule has 0 bridgehead atoms. The molecule has 0 aliphatic carbocycles. The number of aromatic nitrogens is 2. The van der Waals surface area contributed by atoms with E-state index in [0.29, 0.717) is 5.75 Å². The van der Waals surface area contributed by atoms with E-state index in [-0.39, 0.29) is 22.9 Å². The summed E-state index contributed by atoms with van der Waals surface area (Å²) in [5.41, 5.74) is 0. The van der Waals surface area contributed by atoms with Gasteiger partial charge in [0.15, 0.2) is 0 Å². The van der Waals surface area contributed by atoms with Gasteiger partial charge in [0.1, 0.15) is 10.6 Å². The van der Waals surface area contributed by atoms with E-state index in [1.54, 1.807) is 19.2 Å². The summed E-state index contributed by atoms with van der Waals surface area (Å²) >= 11 is 0. The molecule has 1 aromatic heterocycles. The van der Waals surface area contributed by atoms with E-state index in [2.05, 4.69) is 9.82 Å². The third-order valence-corrected chi connectivity index (χ3v) is 7.18. The molecule has 1 saturated heterocycles. The number of sulfonamides is 2. The maximum atomic E-state index is 12.5. The number of benzene rings is 1. The van der Waals surface area contributed by atoms with E-state index in [0.717, 1.165) is 0 Å². The van der Waals surface area contributed by atoms with Crippen LogP contribution in [-0.4, -0.2) is 57.2 Å². The van der Waals surface area contributed by atoms with Crippen molar-refractivity contribution in [2.24, 2.45) is 7.05 Å². The van der Waals surface area contributed by atoms with Crippen molar-refractivity contribution in [3.8, 4) is 5.75 Å². The molecular formula is C14H18N4O5S2. The monoisotopic (exact) mass is 386 g/mol. The SMILES string of the molecule is COc1ccc(S(=O)(=O)N2CC(NS(=O)(=O)c3cnn(C)c3)C2)cc1. The van der Waals surface area contributed by atoms with Gasteiger partial charge in [0.05, 0.1) is 18.2 Å². The first-order valence-corrected chi connectivity index (χ1v) is 10.3. The summed E-state index contributed by atoms with van der Waals surface area (Å²) < 4.78 is 59.5. The lowest BCUT2D eigenvalue weighted by atomic mass is 10.2. The van der Waals surface area contributed by atoms with E-state index >= 15 is 0 Å². The molecule has 3 rings (SSSR count). The third-order valence-electron chi connectivity index (χ3n) is 3.86. The van der Waals surface area contributed by atoms with Gasteiger partial charge >= 0.3 is 0 Å². The molecule has 0 spiro atoms. The van der Waals surface area contributed by atoms with Crippen LogP contribution in [0.5, 0.6) is 5.75 Å². The van der Waals surface area contributed by atoms with Gasteiger partial charge in [-0.05, 0) is 24.3 Å². The van der Waals surface area contributed by atoms with Crippen LogP contribution in [0.1, 0.15) is 0 Å². The first-order valence-electron chi connectivity index (χ1n) is 7.37. The highest BCUT2D eigenvalue weighted by atomic mass is 32.2. The highest BCUT2D eigenvalue weighted by molar-refractivity contribution is 7.90. The number of methoxy groups -OCH3 is 1. The summed E-state index contributed by atoms with van der Waals surface area (Å²) in [4.78, 5) is 0.188. The Hall–Kier alpha value is -1.95. The van der Waals surface area contributed by atoms with Crippen LogP contribution in [0.3, 0.4) is 0 Å². The fraction of sp³-hybridized carbons (Fsp3) is 0.357. The van der Waals surface area contributed by atoms with Crippen LogP contribution in [0.2, 0.25) is 0 Å². The molecule has 1 aromatic carbocycles. The van der Waals surface area contributed by atoms with Crippen LogP contribution in [0, 0.1) is 0 Å². The summed E-state index contributed by atoms with van der Waals surface area (Å²) in [7, 11) is -4.25. The zero-order valence-corrected chi connectivity index (χ0v) is 15.3. The number of hydrogen-bond donors (Lipinski definition) is 1. The Balaban J connectivity index is 1.65. The zero-order chi connectivity index (χ0) is 18.2. The van der Waals surface area contributed by atoms with Crippen molar-refractivity contribution in [1.29, 1.82) is 0 Å². The van der Waals surface area contributed by atoms with Crippen LogP contribution in [-0.2, 0) is 27.1 Å². The predicted molar refractivity (Wildman–Crippen MR) is 89.1 cm³/mol. The fourth-order valence-electron chi connectivity index (χ4n) is 2.43. The maximum Gasteiger partial charge on any atom is 0.244 e. The molecule has 0 atom stereocenters. The Bertz CT molecular complexity index is 961. The molecule has 1 aliphatic rings. The van der Waals surface area contributed by atoms with Gasteiger partial charge in [-0.2, -0.15) is 9.40 Å². The van der Waals surface area contributed by atoms with Crippen LogP contribution in [0.15, 0.2) is 46.5 Å². The first-order chi connectivity index (χ1) is 11.7. The molecule has 0 saturated carbocycles. The molecule has 136 valence electrons. The largest absolute Gasteiger partial charge is 0.497 e. The molecule has 2 heterocycles. The average molecular weight is 386 g/mol. The number of rotatable bonds is 6. The summed E-state index contributed by atoms with van der Waals surface area (Å²) in [5, 5.41) is 3.82. The van der Waals surface area contributed by atoms with Crippen molar-refractivity contribution in [2.75, 3.05) is 20.2 Å². The highest BCUT2D eigenvalue weighted by Crippen LogP contribution is 2.24. The molecule has 2 aromatic rings. The van der Waals surface area contributed by atoms with Gasteiger partial charge in [-0.25, -0.2) is 21.6 Å². The van der Waals surface area contributed by atoms with Crippen LogP contribution in [0.4, 0.5) is 0 Å². The molecule has 0 amide bonds. The fourth-order valence-corrected chi connectivity index (χ4v) is 5.16. The van der Waals surface area contributed by atoms with Crippen molar-refractivity contribution < 1.29 is 21.6 Å². The van der Waals surface area contributed by atoms with Gasteiger partial charge in [-0.3, -0.25) is 4.68 Å². The van der Waals surface area contributed by atoms with E-state index < -0.39 is 26.1 Å². The number of nitrogens with one attached hydrogen (secondary N) is 1. The van der Waals surface area contributed by atoms with Gasteiger partial charge < -0.3 is 4.74 Å². The second-order valence-corrected chi connectivity index (χ2v) is 9.32. The second-order valence-electron chi connectivity index (χ2n) is 5.67. The van der Waals surface area contributed by atoms with Gasteiger partial charge in [-0.1, -0.05) is 0 Å². The smallest absolute Gasteiger partial charge is 0.244 e. The third kappa shape index (κ3) is 3.54. The van der Waals surface area contributed by atoms with E-state index in [9.17, 15) is 16.8 Å². The zero-order valence-electron chi connectivity index (χ0n) is 13.7. The van der Waals surface area contributed by atoms with Gasteiger partial charge in [0.25, 0.3) is 0 Å². The molecule has 0 radical (unpaired) electrons. The molecule has 11 heteroatoms. The Kier molecular flexibility index (Phi) is 4.58. The molecule has 1 fully saturated rings. The molecular weight excluding hydrogens is 368 g/mol. The Morgan fingerprint density at radius 1 is 1.12 bits per heavy atom. The lowest BCUT2D eigenvalue weighted by Gasteiger charge is -2.38. The standard InChI is InChI=1S/C14H18N4O5S2/c1-17-10-14(7-15-17)24(19,20)16-11-8-18(9-11)25(21,22)13-5-3-12(23-2)4-6-13/h3-7,10-11,16H,8-9H2,1-2H3. The van der Waals surface area contributed by atoms with E-state index in [1.165, 1.54) is 40.6 Å². The molecule has 9 nitrogen and oxygen atoms in total. The summed E-state index contributed by atoms with van der Waals surface area (Å²) in [5.74, 6) is 0.560. The van der Waals surface area contributed by atoms with Crippen molar-refractivity contribution in [3.05, 3.63) is 36.7 Å². The number of ether oxygens (including phenoxy) is 1. The maximum absolute atomic E-state index is 12.5. The Morgan fingerprint density at radius 3 is 2.28 bits per heavy atom. The molecule has 1 aliphatic heterocycles. The van der Waals surface area contributed by atoms with Gasteiger partial charge in [0, 0.05) is 32.4 Å². The summed E-state index contributed by atoms with van der Waals surface area (Å²) in [6.07, 6.45) is 2.62. The van der Waals surface area contributed by atoms with Crippen molar-refractivity contribution in [3.63, 3.8) is 0 Å². The average Bonchev–Trinajstić information content (AvgIpc) is 2.98. The highest BCUT2D eigenvalue weighted by Gasteiger charge is 2.39. The van der Waals surface area contributed by atoms with Crippen LogP contribution in [0.25, 0.3) is 0 Å². The molecule has 25 heavy (non-hydrogen) atoms. The minimum Gasteiger partial charge on any atom is -0.497 e. The van der Waals surface area contributed by atoms with Gasteiger partial charge in [0.2, 0.25) is 20.0 Å². The Labute approximate surface area is 146 Å². The topological polar surface area (TPSA) is 111 Å². The lowest BCUT2D eigenvalue weighted by Crippen LogP contribution is -2.60. The van der Waals surface area contributed by atoms with Crippen LogP contribution >= 0.6 is 0 Å². The second kappa shape index (κ2) is 6.41. The minimum atomic E-state index is -3.71. The molecule has 0 unspecified atom stereocenters.